The number of carbonyl (C=O) groups excluding carboxylic acids is 1. The van der Waals surface area contributed by atoms with Gasteiger partial charge in [0, 0.05) is 11.3 Å². The number of anilines is 1. The van der Waals surface area contributed by atoms with E-state index in [2.05, 4.69) is 10.4 Å². The molecule has 0 fully saturated rings. The van der Waals surface area contributed by atoms with Gasteiger partial charge in [-0.05, 0) is 52.2 Å². The fourth-order valence-corrected chi connectivity index (χ4v) is 2.47. The van der Waals surface area contributed by atoms with E-state index in [0.29, 0.717) is 11.3 Å². The lowest BCUT2D eigenvalue weighted by molar-refractivity contribution is 0.102. The largest absolute Gasteiger partial charge is 0.392 e. The average Bonchev–Trinajstić information content (AvgIpc) is 2.62. The Bertz CT molecular complexity index is 902. The van der Waals surface area contributed by atoms with E-state index in [0.717, 1.165) is 21.9 Å². The van der Waals surface area contributed by atoms with Crippen molar-refractivity contribution >= 4 is 28.6 Å². The first-order valence-corrected chi connectivity index (χ1v) is 7.48. The predicted molar refractivity (Wildman–Crippen MR) is 96.0 cm³/mol. The zero-order chi connectivity index (χ0) is 16.9. The van der Waals surface area contributed by atoms with Gasteiger partial charge in [0.25, 0.3) is 5.91 Å². The lowest BCUT2D eigenvalue weighted by Crippen LogP contribution is -2.11. The van der Waals surface area contributed by atoms with Crippen molar-refractivity contribution in [3.63, 3.8) is 0 Å². The highest BCUT2D eigenvalue weighted by atomic mass is 16.3. The van der Waals surface area contributed by atoms with Gasteiger partial charge < -0.3 is 16.3 Å². The topological polar surface area (TPSA) is 87.7 Å². The van der Waals surface area contributed by atoms with Crippen LogP contribution in [0.25, 0.3) is 10.8 Å². The van der Waals surface area contributed by atoms with Crippen molar-refractivity contribution in [1.82, 2.24) is 0 Å². The Labute approximate surface area is 139 Å². The molecule has 4 N–H and O–H groups in total. The number of nitrogens with two attached hydrogens (primary N) is 1. The summed E-state index contributed by atoms with van der Waals surface area (Å²) in [5.74, 6) is 4.98. The number of fused-ring (bicyclic) bond motifs is 1. The fourth-order valence-electron chi connectivity index (χ4n) is 2.47. The van der Waals surface area contributed by atoms with Crippen LogP contribution in [0.5, 0.6) is 0 Å². The molecule has 0 aliphatic carbocycles. The Kier molecular flexibility index (Phi) is 4.54. The number of nitrogens with one attached hydrogen (secondary N) is 1. The minimum absolute atomic E-state index is 0.0181. The number of hydrogen-bond donors (Lipinski definition) is 3. The highest BCUT2D eigenvalue weighted by molar-refractivity contribution is 6.06. The second kappa shape index (κ2) is 6.93. The Morgan fingerprint density at radius 2 is 1.75 bits per heavy atom. The average molecular weight is 319 g/mol. The normalized spacial score (nSPS) is 11.0. The first-order valence-electron chi connectivity index (χ1n) is 7.48. The van der Waals surface area contributed by atoms with Gasteiger partial charge in [-0.2, -0.15) is 5.10 Å². The fraction of sp³-hybridized carbons (Fsp3) is 0.0526. The first-order chi connectivity index (χ1) is 11.7. The third kappa shape index (κ3) is 3.42. The van der Waals surface area contributed by atoms with E-state index in [9.17, 15) is 4.79 Å². The van der Waals surface area contributed by atoms with Gasteiger partial charge in [-0.3, -0.25) is 4.79 Å². The smallest absolute Gasteiger partial charge is 0.255 e. The summed E-state index contributed by atoms with van der Waals surface area (Å²) in [6.07, 6.45) is 1.58. The zero-order valence-electron chi connectivity index (χ0n) is 12.9. The van der Waals surface area contributed by atoms with Gasteiger partial charge in [0.2, 0.25) is 0 Å². The molecule has 120 valence electrons. The number of benzene rings is 3. The van der Waals surface area contributed by atoms with Gasteiger partial charge >= 0.3 is 0 Å². The van der Waals surface area contributed by atoms with Crippen LogP contribution in [0.3, 0.4) is 0 Å². The number of nitrogens with zero attached hydrogens (tertiary/aromatic N) is 1. The Morgan fingerprint density at radius 1 is 1.04 bits per heavy atom. The van der Waals surface area contributed by atoms with Crippen molar-refractivity contribution in [2.75, 3.05) is 5.32 Å². The molecule has 0 atom stereocenters. The quantitative estimate of drug-likeness (QED) is 0.392. The molecule has 3 aromatic rings. The summed E-state index contributed by atoms with van der Waals surface area (Å²) in [5, 5.41) is 17.4. The lowest BCUT2D eigenvalue weighted by atomic mass is 10.0. The highest BCUT2D eigenvalue weighted by Crippen LogP contribution is 2.19. The van der Waals surface area contributed by atoms with Crippen molar-refractivity contribution in [1.29, 1.82) is 0 Å². The lowest BCUT2D eigenvalue weighted by Gasteiger charge is -2.07. The van der Waals surface area contributed by atoms with E-state index in [-0.39, 0.29) is 12.5 Å². The van der Waals surface area contributed by atoms with E-state index in [1.165, 1.54) is 0 Å². The molecular formula is C19H17N3O2. The molecule has 5 nitrogen and oxygen atoms in total. The summed E-state index contributed by atoms with van der Waals surface area (Å²) in [6, 6.07) is 18.4. The first kappa shape index (κ1) is 15.7. The van der Waals surface area contributed by atoms with Crippen molar-refractivity contribution < 1.29 is 9.90 Å². The zero-order valence-corrected chi connectivity index (χ0v) is 12.9. The maximum atomic E-state index is 12.4. The molecule has 0 aliphatic heterocycles. The molecule has 0 aromatic heterocycles. The van der Waals surface area contributed by atoms with Gasteiger partial charge in [-0.25, -0.2) is 0 Å². The molecule has 24 heavy (non-hydrogen) atoms. The van der Waals surface area contributed by atoms with Crippen LogP contribution in [0, 0.1) is 0 Å². The van der Waals surface area contributed by atoms with Crippen molar-refractivity contribution in [2.24, 2.45) is 10.9 Å². The van der Waals surface area contributed by atoms with Crippen LogP contribution in [0.4, 0.5) is 5.69 Å². The number of hydrogen-bond acceptors (Lipinski definition) is 4. The number of rotatable bonds is 4. The molecule has 0 unspecified atom stereocenters. The summed E-state index contributed by atoms with van der Waals surface area (Å²) in [5.41, 5.74) is 2.97. The van der Waals surface area contributed by atoms with Gasteiger partial charge in [0.05, 0.1) is 12.8 Å². The summed E-state index contributed by atoms with van der Waals surface area (Å²) in [6.45, 7) is -0.0181. The Morgan fingerprint density at radius 3 is 2.46 bits per heavy atom. The van der Waals surface area contributed by atoms with Crippen LogP contribution in [0.1, 0.15) is 21.5 Å². The number of aliphatic hydroxyl groups excluding tert-OH is 1. The minimum atomic E-state index is -0.179. The molecule has 5 heteroatoms. The summed E-state index contributed by atoms with van der Waals surface area (Å²) in [7, 11) is 0. The standard InChI is InChI=1S/C19H17N3O2/c20-21-11-14-1-4-16-10-17(6-5-15(16)9-14)19(24)22-18-7-2-13(12-23)3-8-18/h1-11,23H,12,20H2,(H,22,24). The van der Waals surface area contributed by atoms with E-state index >= 15 is 0 Å². The van der Waals surface area contributed by atoms with Gasteiger partial charge in [0.15, 0.2) is 0 Å². The van der Waals surface area contributed by atoms with Gasteiger partial charge in [-0.1, -0.05) is 30.3 Å². The van der Waals surface area contributed by atoms with E-state index in [4.69, 9.17) is 10.9 Å². The molecule has 0 aliphatic rings. The second-order valence-electron chi connectivity index (χ2n) is 5.41. The molecule has 0 saturated heterocycles. The number of hydrazone groups is 1. The molecule has 3 aromatic carbocycles. The van der Waals surface area contributed by atoms with Crippen LogP contribution >= 0.6 is 0 Å². The SMILES string of the molecule is NN=Cc1ccc2cc(C(=O)Nc3ccc(CO)cc3)ccc2c1. The Hall–Kier alpha value is -3.18. The van der Waals surface area contributed by atoms with Crippen LogP contribution in [0.2, 0.25) is 0 Å². The van der Waals surface area contributed by atoms with E-state index < -0.39 is 0 Å². The van der Waals surface area contributed by atoms with E-state index in [1.807, 2.05) is 30.3 Å². The summed E-state index contributed by atoms with van der Waals surface area (Å²) in [4.78, 5) is 12.4. The van der Waals surface area contributed by atoms with Crippen LogP contribution in [-0.2, 0) is 6.61 Å². The monoisotopic (exact) mass is 319 g/mol. The van der Waals surface area contributed by atoms with Crippen LogP contribution in [-0.4, -0.2) is 17.2 Å². The summed E-state index contributed by atoms with van der Waals surface area (Å²) >= 11 is 0. The third-order valence-electron chi connectivity index (χ3n) is 3.74. The van der Waals surface area contributed by atoms with Crippen molar-refractivity contribution in [3.05, 3.63) is 77.4 Å². The molecule has 0 radical (unpaired) electrons. The Balaban J connectivity index is 1.82. The molecule has 0 bridgehead atoms. The number of carbonyl (C=O) groups is 1. The molecule has 1 amide bonds. The third-order valence-corrected chi connectivity index (χ3v) is 3.74. The molecule has 0 heterocycles. The van der Waals surface area contributed by atoms with Crippen LogP contribution in [0.15, 0.2) is 65.8 Å². The second-order valence-corrected chi connectivity index (χ2v) is 5.41. The van der Waals surface area contributed by atoms with E-state index in [1.54, 1.807) is 36.5 Å². The highest BCUT2D eigenvalue weighted by Gasteiger charge is 2.07. The van der Waals surface area contributed by atoms with Gasteiger partial charge in [-0.15, -0.1) is 0 Å². The molecule has 0 saturated carbocycles. The van der Waals surface area contributed by atoms with Gasteiger partial charge in [0.1, 0.15) is 0 Å². The predicted octanol–water partition coefficient (Wildman–Crippen LogP) is 2.88. The maximum Gasteiger partial charge on any atom is 0.255 e. The summed E-state index contributed by atoms with van der Waals surface area (Å²) < 4.78 is 0. The maximum absolute atomic E-state index is 12.4. The van der Waals surface area contributed by atoms with Crippen LogP contribution < -0.4 is 11.2 Å². The minimum Gasteiger partial charge on any atom is -0.392 e. The van der Waals surface area contributed by atoms with Crippen molar-refractivity contribution in [3.8, 4) is 0 Å². The number of amides is 1. The molecular weight excluding hydrogens is 302 g/mol. The molecule has 3 rings (SSSR count). The molecule has 0 spiro atoms. The number of aliphatic hydroxyl groups is 1. The van der Waals surface area contributed by atoms with Crippen molar-refractivity contribution in [2.45, 2.75) is 6.61 Å².